The fraction of sp³-hybridized carbons (Fsp3) is 0.164. The Morgan fingerprint density at radius 2 is 0.895 bits per heavy atom. The summed E-state index contributed by atoms with van der Waals surface area (Å²) >= 11 is 0. The van der Waals surface area contributed by atoms with Gasteiger partial charge in [0.05, 0.1) is 11.4 Å². The topological polar surface area (TPSA) is 25.8 Å². The van der Waals surface area contributed by atoms with Gasteiger partial charge in [-0.15, -0.1) is 0 Å². The molecule has 11 rings (SSSR count). The van der Waals surface area contributed by atoms with Gasteiger partial charge in [-0.05, 0) is 110 Å². The van der Waals surface area contributed by atoms with Gasteiger partial charge in [-0.1, -0.05) is 173 Å². The second-order valence-corrected chi connectivity index (χ2v) is 16.9. The molecule has 0 N–H and O–H groups in total. The van der Waals surface area contributed by atoms with Crippen LogP contribution in [-0.2, 0) is 10.8 Å². The van der Waals surface area contributed by atoms with E-state index in [1.54, 1.807) is 5.56 Å². The number of benzene rings is 7. The zero-order valence-electron chi connectivity index (χ0n) is 32.6. The van der Waals surface area contributed by atoms with Gasteiger partial charge in [-0.25, -0.2) is 9.97 Å². The molecule has 0 amide bonds. The van der Waals surface area contributed by atoms with Crippen molar-refractivity contribution in [1.29, 1.82) is 0 Å². The van der Waals surface area contributed by atoms with Crippen LogP contribution < -0.4 is 0 Å². The molecule has 1 heterocycles. The average molecular weight is 733 g/mol. The minimum Gasteiger partial charge on any atom is -0.228 e. The average Bonchev–Trinajstić information content (AvgIpc) is 3.66. The minimum absolute atomic E-state index is 0.0334. The predicted molar refractivity (Wildman–Crippen MR) is 236 cm³/mol. The van der Waals surface area contributed by atoms with Crippen molar-refractivity contribution >= 4 is 0 Å². The Morgan fingerprint density at radius 3 is 1.67 bits per heavy atom. The molecular formula is C55H44N2. The van der Waals surface area contributed by atoms with E-state index >= 15 is 0 Å². The van der Waals surface area contributed by atoms with E-state index < -0.39 is 0 Å². The van der Waals surface area contributed by atoms with Crippen LogP contribution in [0.3, 0.4) is 0 Å². The molecule has 274 valence electrons. The van der Waals surface area contributed by atoms with E-state index in [2.05, 4.69) is 178 Å². The summed E-state index contributed by atoms with van der Waals surface area (Å²) in [5.74, 6) is 0.727. The van der Waals surface area contributed by atoms with Gasteiger partial charge >= 0.3 is 0 Å². The largest absolute Gasteiger partial charge is 0.228 e. The number of hydrogen-bond donors (Lipinski definition) is 0. The first kappa shape index (κ1) is 33.9. The molecule has 1 saturated carbocycles. The highest BCUT2D eigenvalue weighted by molar-refractivity contribution is 5.91. The van der Waals surface area contributed by atoms with Gasteiger partial charge in [0.2, 0.25) is 0 Å². The molecule has 2 nitrogen and oxygen atoms in total. The molecule has 0 aliphatic heterocycles. The predicted octanol–water partition coefficient (Wildman–Crippen LogP) is 14.3. The number of fused-ring (bicyclic) bond motifs is 8. The van der Waals surface area contributed by atoms with Crippen molar-refractivity contribution in [2.24, 2.45) is 0 Å². The fourth-order valence-corrected chi connectivity index (χ4v) is 10.4. The van der Waals surface area contributed by atoms with E-state index in [1.807, 2.05) is 6.07 Å². The first-order valence-electron chi connectivity index (χ1n) is 20.6. The lowest BCUT2D eigenvalue weighted by atomic mass is 9.67. The molecule has 0 atom stereocenters. The maximum atomic E-state index is 5.20. The number of rotatable bonds is 5. The van der Waals surface area contributed by atoms with Crippen LogP contribution in [0.4, 0.5) is 0 Å². The maximum Gasteiger partial charge on any atom is 0.160 e. The van der Waals surface area contributed by atoms with Gasteiger partial charge < -0.3 is 0 Å². The molecular weight excluding hydrogens is 689 g/mol. The number of aromatic nitrogens is 2. The van der Waals surface area contributed by atoms with E-state index in [1.165, 1.54) is 93.3 Å². The number of hydrogen-bond acceptors (Lipinski definition) is 2. The third kappa shape index (κ3) is 5.46. The zero-order chi connectivity index (χ0) is 38.1. The molecule has 8 aromatic rings. The molecule has 1 spiro atoms. The molecule has 3 aliphatic rings. The Kier molecular flexibility index (Phi) is 7.80. The summed E-state index contributed by atoms with van der Waals surface area (Å²) < 4.78 is 0. The van der Waals surface area contributed by atoms with Crippen molar-refractivity contribution in [2.45, 2.75) is 56.8 Å². The normalized spacial score (nSPS) is 15.5. The molecule has 57 heavy (non-hydrogen) atoms. The Balaban J connectivity index is 1.01. The van der Waals surface area contributed by atoms with E-state index in [0.29, 0.717) is 0 Å². The van der Waals surface area contributed by atoms with E-state index in [4.69, 9.17) is 9.97 Å². The Hall–Kier alpha value is -6.38. The summed E-state index contributed by atoms with van der Waals surface area (Å²) in [6.07, 6.45) is 6.34. The zero-order valence-corrected chi connectivity index (χ0v) is 32.6. The third-order valence-electron chi connectivity index (χ3n) is 13.3. The highest BCUT2D eigenvalue weighted by Crippen LogP contribution is 2.60. The molecule has 3 aliphatic carbocycles. The standard InChI is InChI=1S/C55H44N2/c1-54(2)47-22-11-10-21-43(47)45-34-50-46(33-49(45)54)44-32-41(27-28-48(44)55(50)29-12-5-13-30-55)40-19-14-20-42(31-40)52-35-51(56-53(57-52)39-17-8-4-9-18-39)38-25-23-37(24-26-38)36-15-6-3-7-16-36/h3-4,6-11,14-28,31-35H,5,12-13,29-30H2,1-2H3. The fourth-order valence-electron chi connectivity index (χ4n) is 10.4. The van der Waals surface area contributed by atoms with Gasteiger partial charge in [-0.3, -0.25) is 0 Å². The van der Waals surface area contributed by atoms with Crippen molar-refractivity contribution in [2.75, 3.05) is 0 Å². The van der Waals surface area contributed by atoms with Crippen molar-refractivity contribution in [3.63, 3.8) is 0 Å². The number of nitrogens with zero attached hydrogens (tertiary/aromatic N) is 2. The molecule has 7 aromatic carbocycles. The lowest BCUT2D eigenvalue weighted by molar-refractivity contribution is 0.353. The molecule has 0 saturated heterocycles. The SMILES string of the molecule is CC1(C)c2ccccc2-c2cc3c(cc21)-c1cc(-c2cccc(-c4cc(-c5ccc(-c6ccccc6)cc5)nc(-c5ccccc5)n4)c2)ccc1C31CCCCC1. The van der Waals surface area contributed by atoms with E-state index in [0.717, 1.165) is 33.9 Å². The highest BCUT2D eigenvalue weighted by atomic mass is 14.9. The first-order chi connectivity index (χ1) is 28.0. The van der Waals surface area contributed by atoms with Gasteiger partial charge in [0.15, 0.2) is 5.82 Å². The first-order valence-corrected chi connectivity index (χ1v) is 20.6. The second kappa shape index (κ2) is 13.1. The lowest BCUT2D eigenvalue weighted by Crippen LogP contribution is -2.28. The minimum atomic E-state index is -0.0334. The molecule has 0 radical (unpaired) electrons. The van der Waals surface area contributed by atoms with Crippen molar-refractivity contribution < 1.29 is 0 Å². The van der Waals surface area contributed by atoms with Crippen LogP contribution in [0.5, 0.6) is 0 Å². The Bertz CT molecular complexity index is 2830. The summed E-state index contributed by atoms with van der Waals surface area (Å²) in [4.78, 5) is 10.3. The monoisotopic (exact) mass is 732 g/mol. The van der Waals surface area contributed by atoms with Crippen LogP contribution >= 0.6 is 0 Å². The molecule has 1 aromatic heterocycles. The quantitative estimate of drug-likeness (QED) is 0.176. The van der Waals surface area contributed by atoms with Crippen LogP contribution in [0.1, 0.15) is 68.2 Å². The summed E-state index contributed by atoms with van der Waals surface area (Å²) in [6, 6.07) is 62.3. The van der Waals surface area contributed by atoms with Crippen molar-refractivity contribution in [3.05, 3.63) is 192 Å². The summed E-state index contributed by atoms with van der Waals surface area (Å²) in [6.45, 7) is 4.81. The second-order valence-electron chi connectivity index (χ2n) is 16.9. The smallest absolute Gasteiger partial charge is 0.160 e. The van der Waals surface area contributed by atoms with Crippen LogP contribution in [-0.4, -0.2) is 9.97 Å². The van der Waals surface area contributed by atoms with Crippen LogP contribution in [0.2, 0.25) is 0 Å². The molecule has 0 unspecified atom stereocenters. The van der Waals surface area contributed by atoms with Crippen molar-refractivity contribution in [1.82, 2.24) is 9.97 Å². The Labute approximate surface area is 336 Å². The van der Waals surface area contributed by atoms with Gasteiger partial charge in [0, 0.05) is 27.5 Å². The molecule has 1 fully saturated rings. The van der Waals surface area contributed by atoms with Gasteiger partial charge in [0.1, 0.15) is 0 Å². The van der Waals surface area contributed by atoms with Gasteiger partial charge in [-0.2, -0.15) is 0 Å². The Morgan fingerprint density at radius 1 is 0.351 bits per heavy atom. The maximum absolute atomic E-state index is 5.20. The molecule has 0 bridgehead atoms. The van der Waals surface area contributed by atoms with E-state index in [-0.39, 0.29) is 10.8 Å². The van der Waals surface area contributed by atoms with Crippen molar-refractivity contribution in [3.8, 4) is 78.4 Å². The van der Waals surface area contributed by atoms with Crippen LogP contribution in [0, 0.1) is 0 Å². The third-order valence-corrected chi connectivity index (χ3v) is 13.3. The summed E-state index contributed by atoms with van der Waals surface area (Å²) in [7, 11) is 0. The van der Waals surface area contributed by atoms with Crippen LogP contribution in [0.15, 0.2) is 170 Å². The molecule has 2 heteroatoms. The summed E-state index contributed by atoms with van der Waals surface area (Å²) in [5, 5.41) is 0. The van der Waals surface area contributed by atoms with Crippen LogP contribution in [0.25, 0.3) is 78.4 Å². The highest BCUT2D eigenvalue weighted by Gasteiger charge is 2.46. The van der Waals surface area contributed by atoms with E-state index in [9.17, 15) is 0 Å². The lowest BCUT2D eigenvalue weighted by Gasteiger charge is -2.36. The summed E-state index contributed by atoms with van der Waals surface area (Å²) in [5.41, 5.74) is 21.5. The van der Waals surface area contributed by atoms with Gasteiger partial charge in [0.25, 0.3) is 0 Å².